The molecule has 0 bridgehead atoms. The molecule has 26 heavy (non-hydrogen) atoms. The lowest BCUT2D eigenvalue weighted by atomic mass is 10.1. The number of imidazole rings is 1. The number of aromatic nitrogens is 3. The zero-order valence-corrected chi connectivity index (χ0v) is 14.4. The van der Waals surface area contributed by atoms with Crippen LogP contribution in [-0.4, -0.2) is 38.6 Å². The van der Waals surface area contributed by atoms with E-state index in [0.717, 1.165) is 24.1 Å². The van der Waals surface area contributed by atoms with Crippen molar-refractivity contribution in [1.29, 1.82) is 0 Å². The van der Waals surface area contributed by atoms with Crippen LogP contribution in [0.1, 0.15) is 18.9 Å². The maximum Gasteiger partial charge on any atom is 0.415 e. The third kappa shape index (κ3) is 3.59. The van der Waals surface area contributed by atoms with Gasteiger partial charge in [-0.1, -0.05) is 30.3 Å². The summed E-state index contributed by atoms with van der Waals surface area (Å²) in [7, 11) is 0. The molecule has 1 aliphatic rings. The standard InChI is InChI=1S/C20H20N4O2/c25-20(26-18-7-4-10-21-13-18)23-11-8-17(9-12-23)24-14-19(22-15-24)16-5-2-1-3-6-16/h1-7,10,13-15,17H,8-9,11-12H2. The molecular weight excluding hydrogens is 328 g/mol. The van der Waals surface area contributed by atoms with E-state index in [2.05, 4.69) is 32.9 Å². The molecule has 0 radical (unpaired) electrons. The Hall–Kier alpha value is -3.15. The van der Waals surface area contributed by atoms with Crippen LogP contribution in [0.15, 0.2) is 67.4 Å². The average Bonchev–Trinajstić information content (AvgIpc) is 3.20. The van der Waals surface area contributed by atoms with Crippen LogP contribution >= 0.6 is 0 Å². The lowest BCUT2D eigenvalue weighted by Gasteiger charge is -2.31. The lowest BCUT2D eigenvalue weighted by molar-refractivity contribution is 0.132. The molecule has 3 aromatic rings. The topological polar surface area (TPSA) is 60.2 Å². The first kappa shape index (κ1) is 16.3. The van der Waals surface area contributed by atoms with Gasteiger partial charge in [-0.25, -0.2) is 9.78 Å². The Morgan fingerprint density at radius 2 is 1.88 bits per heavy atom. The van der Waals surface area contributed by atoms with Gasteiger partial charge in [0.05, 0.1) is 18.2 Å². The van der Waals surface area contributed by atoms with Crippen molar-refractivity contribution < 1.29 is 9.53 Å². The van der Waals surface area contributed by atoms with E-state index in [1.165, 1.54) is 0 Å². The minimum absolute atomic E-state index is 0.313. The third-order valence-corrected chi connectivity index (χ3v) is 4.65. The summed E-state index contributed by atoms with van der Waals surface area (Å²) in [6.07, 6.45) is 8.62. The van der Waals surface area contributed by atoms with Crippen molar-refractivity contribution in [3.05, 3.63) is 67.4 Å². The van der Waals surface area contributed by atoms with Gasteiger partial charge in [0.15, 0.2) is 5.75 Å². The Labute approximate surface area is 152 Å². The number of hydrogen-bond acceptors (Lipinski definition) is 4. The summed E-state index contributed by atoms with van der Waals surface area (Å²) < 4.78 is 7.52. The number of hydrogen-bond donors (Lipinski definition) is 0. The number of pyridine rings is 1. The van der Waals surface area contributed by atoms with Crippen molar-refractivity contribution in [3.8, 4) is 17.0 Å². The van der Waals surface area contributed by atoms with Crippen LogP contribution < -0.4 is 4.74 Å². The monoisotopic (exact) mass is 348 g/mol. The molecule has 2 aromatic heterocycles. The first-order valence-electron chi connectivity index (χ1n) is 8.75. The summed E-state index contributed by atoms with van der Waals surface area (Å²) in [6, 6.07) is 14.0. The Balaban J connectivity index is 1.35. The van der Waals surface area contributed by atoms with Crippen molar-refractivity contribution in [3.63, 3.8) is 0 Å². The maximum atomic E-state index is 12.3. The summed E-state index contributed by atoms with van der Waals surface area (Å²) in [5, 5.41) is 0. The molecule has 4 rings (SSSR count). The van der Waals surface area contributed by atoms with Gasteiger partial charge >= 0.3 is 6.09 Å². The van der Waals surface area contributed by atoms with Gasteiger partial charge < -0.3 is 14.2 Å². The second kappa shape index (κ2) is 7.39. The molecule has 1 aliphatic heterocycles. The van der Waals surface area contributed by atoms with E-state index in [4.69, 9.17) is 4.74 Å². The van der Waals surface area contributed by atoms with Crippen molar-refractivity contribution in [2.45, 2.75) is 18.9 Å². The fourth-order valence-corrected chi connectivity index (χ4v) is 3.21. The molecule has 6 heteroatoms. The molecule has 1 saturated heterocycles. The number of carbonyl (C=O) groups is 1. The van der Waals surface area contributed by atoms with E-state index >= 15 is 0 Å². The quantitative estimate of drug-likeness (QED) is 0.723. The normalized spacial score (nSPS) is 15.0. The zero-order chi connectivity index (χ0) is 17.8. The Morgan fingerprint density at radius 3 is 2.62 bits per heavy atom. The van der Waals surface area contributed by atoms with Crippen molar-refractivity contribution in [2.24, 2.45) is 0 Å². The third-order valence-electron chi connectivity index (χ3n) is 4.65. The predicted octanol–water partition coefficient (Wildman–Crippen LogP) is 3.78. The van der Waals surface area contributed by atoms with Gasteiger partial charge in [0.2, 0.25) is 0 Å². The number of nitrogens with zero attached hydrogens (tertiary/aromatic N) is 4. The average molecular weight is 348 g/mol. The number of carbonyl (C=O) groups excluding carboxylic acids is 1. The summed E-state index contributed by atoms with van der Waals surface area (Å²) in [4.78, 5) is 22.5. The highest BCUT2D eigenvalue weighted by molar-refractivity contribution is 5.70. The molecular formula is C20H20N4O2. The first-order valence-corrected chi connectivity index (χ1v) is 8.75. The Bertz CT molecular complexity index is 856. The molecule has 3 heterocycles. The number of amides is 1. The van der Waals surface area contributed by atoms with E-state index in [0.29, 0.717) is 24.9 Å². The summed E-state index contributed by atoms with van der Waals surface area (Å²) in [5.74, 6) is 0.474. The molecule has 1 aromatic carbocycles. The maximum absolute atomic E-state index is 12.3. The highest BCUT2D eigenvalue weighted by Crippen LogP contribution is 2.25. The summed E-state index contributed by atoms with van der Waals surface area (Å²) in [6.45, 7) is 1.34. The second-order valence-corrected chi connectivity index (χ2v) is 6.35. The van der Waals surface area contributed by atoms with E-state index in [9.17, 15) is 4.79 Å². The van der Waals surface area contributed by atoms with Crippen LogP contribution in [0.4, 0.5) is 4.79 Å². The molecule has 0 atom stereocenters. The van der Waals surface area contributed by atoms with Gasteiger partial charge in [0.1, 0.15) is 0 Å². The molecule has 0 unspecified atom stereocenters. The van der Waals surface area contributed by atoms with Gasteiger partial charge in [-0.05, 0) is 25.0 Å². The Kier molecular flexibility index (Phi) is 4.64. The minimum atomic E-state index is -0.313. The number of ether oxygens (including phenoxy) is 1. The molecule has 0 N–H and O–H groups in total. The van der Waals surface area contributed by atoms with Gasteiger partial charge in [0.25, 0.3) is 0 Å². The zero-order valence-electron chi connectivity index (χ0n) is 14.4. The first-order chi connectivity index (χ1) is 12.8. The second-order valence-electron chi connectivity index (χ2n) is 6.35. The fourth-order valence-electron chi connectivity index (χ4n) is 3.21. The lowest BCUT2D eigenvalue weighted by Crippen LogP contribution is -2.40. The predicted molar refractivity (Wildman–Crippen MR) is 97.8 cm³/mol. The molecule has 1 fully saturated rings. The van der Waals surface area contributed by atoms with Crippen LogP contribution in [0.2, 0.25) is 0 Å². The molecule has 0 spiro atoms. The fraction of sp³-hybridized carbons (Fsp3) is 0.250. The molecule has 132 valence electrons. The smallest absolute Gasteiger partial charge is 0.409 e. The highest BCUT2D eigenvalue weighted by Gasteiger charge is 2.25. The summed E-state index contributed by atoms with van der Waals surface area (Å²) >= 11 is 0. The van der Waals surface area contributed by atoms with Crippen molar-refractivity contribution in [1.82, 2.24) is 19.4 Å². The molecule has 1 amide bonds. The SMILES string of the molecule is O=C(Oc1cccnc1)N1CCC(n2cnc(-c3ccccc3)c2)CC1. The van der Waals surface area contributed by atoms with E-state index in [1.807, 2.05) is 24.5 Å². The van der Waals surface area contributed by atoms with Crippen LogP contribution in [0.25, 0.3) is 11.3 Å². The van der Waals surface area contributed by atoms with Crippen LogP contribution in [0.5, 0.6) is 5.75 Å². The van der Waals surface area contributed by atoms with E-state index in [1.54, 1.807) is 29.4 Å². The van der Waals surface area contributed by atoms with Crippen molar-refractivity contribution >= 4 is 6.09 Å². The largest absolute Gasteiger partial charge is 0.415 e. The van der Waals surface area contributed by atoms with Gasteiger partial charge in [-0.15, -0.1) is 0 Å². The van der Waals surface area contributed by atoms with Crippen molar-refractivity contribution in [2.75, 3.05) is 13.1 Å². The van der Waals surface area contributed by atoms with Crippen LogP contribution in [0.3, 0.4) is 0 Å². The molecule has 0 saturated carbocycles. The van der Waals surface area contributed by atoms with E-state index in [-0.39, 0.29) is 6.09 Å². The van der Waals surface area contributed by atoms with Gasteiger partial charge in [-0.3, -0.25) is 4.98 Å². The molecule has 0 aliphatic carbocycles. The Morgan fingerprint density at radius 1 is 1.08 bits per heavy atom. The van der Waals surface area contributed by atoms with Gasteiger partial charge in [0, 0.05) is 37.1 Å². The number of rotatable bonds is 3. The minimum Gasteiger partial charge on any atom is -0.409 e. The van der Waals surface area contributed by atoms with Crippen LogP contribution in [0, 0.1) is 0 Å². The number of piperidine rings is 1. The number of likely N-dealkylation sites (tertiary alicyclic amines) is 1. The van der Waals surface area contributed by atoms with Gasteiger partial charge in [-0.2, -0.15) is 0 Å². The number of benzene rings is 1. The highest BCUT2D eigenvalue weighted by atomic mass is 16.6. The van der Waals surface area contributed by atoms with E-state index < -0.39 is 0 Å². The van der Waals surface area contributed by atoms with Crippen LogP contribution in [-0.2, 0) is 0 Å². The summed E-state index contributed by atoms with van der Waals surface area (Å²) in [5.41, 5.74) is 2.09. The molecule has 6 nitrogen and oxygen atoms in total.